The molecule has 2 aromatic carbocycles. The van der Waals surface area contributed by atoms with Gasteiger partial charge in [-0.25, -0.2) is 0 Å². The molecule has 0 aliphatic heterocycles. The average molecular weight is 377 g/mol. The molecule has 0 fully saturated rings. The summed E-state index contributed by atoms with van der Waals surface area (Å²) in [6, 6.07) is 12.9. The van der Waals surface area contributed by atoms with Gasteiger partial charge in [-0.3, -0.25) is 10.1 Å². The Balaban J connectivity index is 1.84. The maximum atomic E-state index is 12.0. The van der Waals surface area contributed by atoms with Crippen molar-refractivity contribution in [1.29, 1.82) is 0 Å². The van der Waals surface area contributed by atoms with Crippen LogP contribution in [0.1, 0.15) is 30.9 Å². The Morgan fingerprint density at radius 3 is 2.64 bits per heavy atom. The summed E-state index contributed by atoms with van der Waals surface area (Å²) in [5, 5.41) is 6.26. The summed E-state index contributed by atoms with van der Waals surface area (Å²) in [7, 11) is 0. The van der Waals surface area contributed by atoms with E-state index in [0.717, 1.165) is 5.56 Å². The molecule has 2 rings (SSSR count). The van der Waals surface area contributed by atoms with Crippen LogP contribution in [-0.4, -0.2) is 17.6 Å². The molecule has 0 bridgehead atoms. The van der Waals surface area contributed by atoms with Crippen LogP contribution in [0.25, 0.3) is 0 Å². The Morgan fingerprint density at radius 2 is 2.00 bits per heavy atom. The van der Waals surface area contributed by atoms with Gasteiger partial charge in [-0.05, 0) is 66.5 Å². The molecule has 0 unspecified atom stereocenters. The van der Waals surface area contributed by atoms with E-state index in [4.69, 9.17) is 28.6 Å². The van der Waals surface area contributed by atoms with Gasteiger partial charge in [-0.15, -0.1) is 0 Å². The fraction of sp³-hybridized carbons (Fsp3) is 0.263. The number of anilines is 1. The number of aryl methyl sites for hydroxylation is 1. The van der Waals surface area contributed by atoms with Gasteiger partial charge in [0.05, 0.1) is 0 Å². The standard InChI is InChI=1S/C19H21ClN2O2S/c1-12(2)17-8-7-16(9-13(17)3)24-11-18(23)22-19(25)21-15-6-4-5-14(20)10-15/h4-10,12H,11H2,1-3H3,(H2,21,22,23,25). The van der Waals surface area contributed by atoms with Crippen LogP contribution in [0, 0.1) is 6.92 Å². The second kappa shape index (κ2) is 8.83. The molecule has 132 valence electrons. The first-order chi connectivity index (χ1) is 11.8. The topological polar surface area (TPSA) is 50.4 Å². The number of ether oxygens (including phenoxy) is 1. The molecule has 0 heterocycles. The minimum Gasteiger partial charge on any atom is -0.484 e. The van der Waals surface area contributed by atoms with Crippen LogP contribution in [0.3, 0.4) is 0 Å². The molecule has 1 amide bonds. The van der Waals surface area contributed by atoms with Crippen molar-refractivity contribution < 1.29 is 9.53 Å². The Hall–Kier alpha value is -2.11. The number of hydrogen-bond donors (Lipinski definition) is 2. The molecule has 0 spiro atoms. The van der Waals surface area contributed by atoms with Crippen LogP contribution in [-0.2, 0) is 4.79 Å². The summed E-state index contributed by atoms with van der Waals surface area (Å²) >= 11 is 11.0. The molecular weight excluding hydrogens is 356 g/mol. The summed E-state index contributed by atoms with van der Waals surface area (Å²) in [5.41, 5.74) is 3.12. The molecule has 0 aliphatic carbocycles. The highest BCUT2D eigenvalue weighted by Crippen LogP contribution is 2.23. The van der Waals surface area contributed by atoms with E-state index >= 15 is 0 Å². The normalized spacial score (nSPS) is 10.4. The molecule has 4 nitrogen and oxygen atoms in total. The maximum absolute atomic E-state index is 12.0. The Morgan fingerprint density at radius 1 is 1.24 bits per heavy atom. The third-order valence-corrected chi connectivity index (χ3v) is 4.01. The summed E-state index contributed by atoms with van der Waals surface area (Å²) in [6.07, 6.45) is 0. The van der Waals surface area contributed by atoms with E-state index < -0.39 is 0 Å². The lowest BCUT2D eigenvalue weighted by molar-refractivity contribution is -0.121. The van der Waals surface area contributed by atoms with Gasteiger partial charge >= 0.3 is 0 Å². The number of halogens is 1. The van der Waals surface area contributed by atoms with E-state index in [9.17, 15) is 4.79 Å². The fourth-order valence-electron chi connectivity index (χ4n) is 2.43. The quantitative estimate of drug-likeness (QED) is 0.745. The lowest BCUT2D eigenvalue weighted by atomic mass is 9.98. The molecule has 0 radical (unpaired) electrons. The molecule has 2 aromatic rings. The minimum atomic E-state index is -0.329. The molecule has 6 heteroatoms. The van der Waals surface area contributed by atoms with Gasteiger partial charge in [-0.1, -0.05) is 37.6 Å². The number of benzene rings is 2. The number of hydrogen-bond acceptors (Lipinski definition) is 3. The van der Waals surface area contributed by atoms with E-state index in [1.54, 1.807) is 24.3 Å². The molecule has 0 saturated carbocycles. The zero-order valence-electron chi connectivity index (χ0n) is 14.4. The zero-order chi connectivity index (χ0) is 18.4. The second-order valence-corrected chi connectivity index (χ2v) is 6.82. The fourth-order valence-corrected chi connectivity index (χ4v) is 2.85. The van der Waals surface area contributed by atoms with Crippen molar-refractivity contribution in [3.63, 3.8) is 0 Å². The van der Waals surface area contributed by atoms with Crippen molar-refractivity contribution in [2.45, 2.75) is 26.7 Å². The van der Waals surface area contributed by atoms with Crippen LogP contribution >= 0.6 is 23.8 Å². The number of amides is 1. The van der Waals surface area contributed by atoms with Crippen LogP contribution in [0.5, 0.6) is 5.75 Å². The molecule has 2 N–H and O–H groups in total. The highest BCUT2D eigenvalue weighted by Gasteiger charge is 2.08. The number of nitrogens with one attached hydrogen (secondary N) is 2. The van der Waals surface area contributed by atoms with Crippen LogP contribution < -0.4 is 15.4 Å². The van der Waals surface area contributed by atoms with Gasteiger partial charge in [0.15, 0.2) is 11.7 Å². The average Bonchev–Trinajstić information content (AvgIpc) is 2.52. The first-order valence-electron chi connectivity index (χ1n) is 7.95. The Kier molecular flexibility index (Phi) is 6.79. The van der Waals surface area contributed by atoms with Crippen molar-refractivity contribution in [3.8, 4) is 5.75 Å². The first kappa shape index (κ1) is 19.2. The zero-order valence-corrected chi connectivity index (χ0v) is 16.0. The van der Waals surface area contributed by atoms with Crippen molar-refractivity contribution in [2.24, 2.45) is 0 Å². The molecule has 0 saturated heterocycles. The number of rotatable bonds is 5. The highest BCUT2D eigenvalue weighted by atomic mass is 35.5. The van der Waals surface area contributed by atoms with E-state index in [1.807, 2.05) is 25.1 Å². The van der Waals surface area contributed by atoms with Gasteiger partial charge in [0.2, 0.25) is 0 Å². The van der Waals surface area contributed by atoms with Crippen molar-refractivity contribution in [3.05, 3.63) is 58.6 Å². The van der Waals surface area contributed by atoms with Gasteiger partial charge in [-0.2, -0.15) is 0 Å². The maximum Gasteiger partial charge on any atom is 0.264 e. The SMILES string of the molecule is Cc1cc(OCC(=O)NC(=S)Nc2cccc(Cl)c2)ccc1C(C)C. The minimum absolute atomic E-state index is 0.113. The van der Waals surface area contributed by atoms with Crippen molar-refractivity contribution >= 4 is 40.5 Å². The lowest BCUT2D eigenvalue weighted by Gasteiger charge is -2.13. The van der Waals surface area contributed by atoms with Crippen LogP contribution in [0.4, 0.5) is 5.69 Å². The molecule has 0 aromatic heterocycles. The van der Waals surface area contributed by atoms with Crippen molar-refractivity contribution in [2.75, 3.05) is 11.9 Å². The van der Waals surface area contributed by atoms with E-state index in [0.29, 0.717) is 22.4 Å². The number of thiocarbonyl (C=S) groups is 1. The third kappa shape index (κ3) is 6.03. The Bertz CT molecular complexity index is 778. The van der Waals surface area contributed by atoms with E-state index in [1.165, 1.54) is 5.56 Å². The molecular formula is C19H21ClN2O2S. The predicted molar refractivity (Wildman–Crippen MR) is 107 cm³/mol. The lowest BCUT2D eigenvalue weighted by Crippen LogP contribution is -2.37. The van der Waals surface area contributed by atoms with Crippen LogP contribution in [0.2, 0.25) is 5.02 Å². The van der Waals surface area contributed by atoms with Crippen LogP contribution in [0.15, 0.2) is 42.5 Å². The smallest absolute Gasteiger partial charge is 0.264 e. The summed E-state index contributed by atoms with van der Waals surface area (Å²) in [4.78, 5) is 12.0. The second-order valence-electron chi connectivity index (χ2n) is 5.97. The van der Waals surface area contributed by atoms with Gasteiger partial charge in [0.1, 0.15) is 5.75 Å². The largest absolute Gasteiger partial charge is 0.484 e. The number of carbonyl (C=O) groups excluding carboxylic acids is 1. The molecule has 0 atom stereocenters. The van der Waals surface area contributed by atoms with E-state index in [2.05, 4.69) is 24.5 Å². The van der Waals surface area contributed by atoms with Crippen molar-refractivity contribution in [1.82, 2.24) is 5.32 Å². The third-order valence-electron chi connectivity index (χ3n) is 3.57. The van der Waals surface area contributed by atoms with Gasteiger partial charge in [0.25, 0.3) is 5.91 Å². The monoisotopic (exact) mass is 376 g/mol. The van der Waals surface area contributed by atoms with E-state index in [-0.39, 0.29) is 17.6 Å². The molecule has 25 heavy (non-hydrogen) atoms. The summed E-state index contributed by atoms with van der Waals surface area (Å²) in [6.45, 7) is 6.21. The summed E-state index contributed by atoms with van der Waals surface area (Å²) < 4.78 is 5.53. The number of carbonyl (C=O) groups is 1. The predicted octanol–water partition coefficient (Wildman–Crippen LogP) is 4.66. The first-order valence-corrected chi connectivity index (χ1v) is 8.73. The van der Waals surface area contributed by atoms with Gasteiger partial charge < -0.3 is 10.1 Å². The van der Waals surface area contributed by atoms with Gasteiger partial charge in [0, 0.05) is 10.7 Å². The Labute approximate surface area is 158 Å². The molecule has 0 aliphatic rings. The highest BCUT2D eigenvalue weighted by molar-refractivity contribution is 7.80. The summed E-state index contributed by atoms with van der Waals surface area (Å²) in [5.74, 6) is 0.781.